The number of hydrogen-bond acceptors (Lipinski definition) is 4. The number of halogens is 5. The maximum absolute atomic E-state index is 14.3. The molecule has 11 heteroatoms. The molecule has 3 heterocycles. The van der Waals surface area contributed by atoms with Crippen LogP contribution in [0.3, 0.4) is 0 Å². The van der Waals surface area contributed by atoms with Crippen LogP contribution in [0.2, 0.25) is 0 Å². The minimum atomic E-state index is -4.86. The first-order valence-corrected chi connectivity index (χ1v) is 11.5. The van der Waals surface area contributed by atoms with Crippen molar-refractivity contribution in [2.75, 3.05) is 23.3 Å². The summed E-state index contributed by atoms with van der Waals surface area (Å²) < 4.78 is 72.3. The summed E-state index contributed by atoms with van der Waals surface area (Å²) in [5, 5.41) is 6.71. The lowest BCUT2D eigenvalue weighted by molar-refractivity contribution is -0.140. The number of alkyl halides is 5. The molecule has 1 aliphatic rings. The van der Waals surface area contributed by atoms with Crippen LogP contribution in [0, 0.1) is 13.8 Å². The fourth-order valence-corrected chi connectivity index (χ4v) is 4.49. The van der Waals surface area contributed by atoms with Crippen LogP contribution in [0.4, 0.5) is 33.5 Å². The van der Waals surface area contributed by atoms with Gasteiger partial charge in [0, 0.05) is 56.0 Å². The Hall–Kier alpha value is -3.50. The van der Waals surface area contributed by atoms with Gasteiger partial charge in [0.05, 0.1) is 11.8 Å². The summed E-state index contributed by atoms with van der Waals surface area (Å²) in [5.74, 6) is -3.86. The molecular weight excluding hydrogens is 481 g/mol. The lowest BCUT2D eigenvalue weighted by atomic mass is 9.95. The molecule has 0 atom stereocenters. The Kier molecular flexibility index (Phi) is 6.76. The Labute approximate surface area is 205 Å². The van der Waals surface area contributed by atoms with Crippen molar-refractivity contribution in [1.29, 1.82) is 0 Å². The third-order valence-corrected chi connectivity index (χ3v) is 6.21. The smallest absolute Gasteiger partial charge is 0.356 e. The Bertz CT molecular complexity index is 1280. The van der Waals surface area contributed by atoms with Gasteiger partial charge in [0.15, 0.2) is 5.69 Å². The lowest BCUT2D eigenvalue weighted by Gasteiger charge is -2.27. The average Bonchev–Trinajstić information content (AvgIpc) is 3.11. The number of aromatic nitrogens is 3. The second-order valence-electron chi connectivity index (χ2n) is 9.08. The zero-order valence-corrected chi connectivity index (χ0v) is 20.1. The molecule has 1 aromatic carbocycles. The number of anilines is 2. The molecule has 1 aliphatic heterocycles. The molecule has 0 radical (unpaired) electrons. The zero-order valence-electron chi connectivity index (χ0n) is 20.1. The first-order chi connectivity index (χ1) is 16.9. The molecule has 36 heavy (non-hydrogen) atoms. The van der Waals surface area contributed by atoms with E-state index in [2.05, 4.69) is 15.4 Å². The summed E-state index contributed by atoms with van der Waals surface area (Å²) in [6, 6.07) is 6.95. The first kappa shape index (κ1) is 25.6. The largest absolute Gasteiger partial charge is 0.434 e. The fraction of sp³-hybridized carbons (Fsp3) is 0.400. The van der Waals surface area contributed by atoms with Gasteiger partial charge >= 0.3 is 6.18 Å². The molecule has 4 rings (SSSR count). The highest BCUT2D eigenvalue weighted by Crippen LogP contribution is 2.42. The molecule has 6 nitrogen and oxygen atoms in total. The SMILES string of the molecule is Cc1cccc(NC(=O)c2c(N3CCCC(F)(F)CC3)nc(C(F)(F)F)c(-c3cnn(C)c3)c2C)c1. The first-order valence-electron chi connectivity index (χ1n) is 11.5. The van der Waals surface area contributed by atoms with E-state index in [0.717, 1.165) is 5.56 Å². The van der Waals surface area contributed by atoms with Gasteiger partial charge in [-0.1, -0.05) is 12.1 Å². The quantitative estimate of drug-likeness (QED) is 0.441. The highest BCUT2D eigenvalue weighted by Gasteiger charge is 2.41. The maximum atomic E-state index is 14.3. The number of pyridine rings is 1. The van der Waals surface area contributed by atoms with Crippen molar-refractivity contribution < 1.29 is 26.7 Å². The van der Waals surface area contributed by atoms with E-state index >= 15 is 0 Å². The van der Waals surface area contributed by atoms with Gasteiger partial charge in [0.25, 0.3) is 5.91 Å². The van der Waals surface area contributed by atoms with Gasteiger partial charge in [-0.05, 0) is 43.5 Å². The standard InChI is InChI=1S/C25H26F5N5O/c1-15-6-4-7-18(12-15)32-23(36)20-16(2)19(17-13-31-34(3)14-17)21(25(28,29)30)33-22(20)35-10-5-8-24(26,27)9-11-35/h4,6-7,12-14H,5,8-11H2,1-3H3,(H,32,36). The van der Waals surface area contributed by atoms with E-state index < -0.39 is 30.1 Å². The normalized spacial score (nSPS) is 16.1. The third-order valence-electron chi connectivity index (χ3n) is 6.21. The van der Waals surface area contributed by atoms with Gasteiger partial charge in [0.1, 0.15) is 5.82 Å². The fourth-order valence-electron chi connectivity index (χ4n) is 4.49. The Morgan fingerprint density at radius 1 is 1.14 bits per heavy atom. The number of amides is 1. The molecule has 1 N–H and O–H groups in total. The molecule has 1 amide bonds. The van der Waals surface area contributed by atoms with E-state index in [1.807, 2.05) is 13.0 Å². The molecule has 1 saturated heterocycles. The van der Waals surface area contributed by atoms with Gasteiger partial charge in [-0.25, -0.2) is 13.8 Å². The number of hydrogen-bond donors (Lipinski definition) is 1. The van der Waals surface area contributed by atoms with Crippen molar-refractivity contribution in [3.63, 3.8) is 0 Å². The number of rotatable bonds is 4. The van der Waals surface area contributed by atoms with Gasteiger partial charge in [0.2, 0.25) is 5.92 Å². The summed E-state index contributed by atoms with van der Waals surface area (Å²) in [6.07, 6.45) is -3.04. The van der Waals surface area contributed by atoms with E-state index in [1.54, 1.807) is 25.2 Å². The minimum Gasteiger partial charge on any atom is -0.356 e. The van der Waals surface area contributed by atoms with Crippen molar-refractivity contribution in [3.05, 3.63) is 59.0 Å². The van der Waals surface area contributed by atoms with Gasteiger partial charge in [-0.2, -0.15) is 18.3 Å². The monoisotopic (exact) mass is 507 g/mol. The van der Waals surface area contributed by atoms with E-state index in [9.17, 15) is 26.7 Å². The van der Waals surface area contributed by atoms with Crippen molar-refractivity contribution in [2.24, 2.45) is 7.05 Å². The van der Waals surface area contributed by atoms with Gasteiger partial charge in [-0.15, -0.1) is 0 Å². The summed E-state index contributed by atoms with van der Waals surface area (Å²) in [7, 11) is 1.57. The molecule has 192 valence electrons. The lowest BCUT2D eigenvalue weighted by Crippen LogP contribution is -2.31. The third kappa shape index (κ3) is 5.34. The highest BCUT2D eigenvalue weighted by molar-refractivity contribution is 6.10. The van der Waals surface area contributed by atoms with Crippen molar-refractivity contribution in [3.8, 4) is 11.1 Å². The molecule has 0 spiro atoms. The number of benzene rings is 1. The van der Waals surface area contributed by atoms with Gasteiger partial charge < -0.3 is 10.2 Å². The van der Waals surface area contributed by atoms with Crippen LogP contribution in [0.5, 0.6) is 0 Å². The summed E-state index contributed by atoms with van der Waals surface area (Å²) in [5.41, 5.74) is -0.0277. The van der Waals surface area contributed by atoms with Crippen LogP contribution < -0.4 is 10.2 Å². The van der Waals surface area contributed by atoms with Crippen molar-refractivity contribution in [1.82, 2.24) is 14.8 Å². The van der Waals surface area contributed by atoms with Crippen LogP contribution >= 0.6 is 0 Å². The van der Waals surface area contributed by atoms with Gasteiger partial charge in [-0.3, -0.25) is 9.48 Å². The summed E-state index contributed by atoms with van der Waals surface area (Å²) in [6.45, 7) is 3.08. The molecule has 0 unspecified atom stereocenters. The highest BCUT2D eigenvalue weighted by atomic mass is 19.4. The molecular formula is C25H26F5N5O. The minimum absolute atomic E-state index is 0.0430. The molecule has 0 aliphatic carbocycles. The molecule has 1 fully saturated rings. The van der Waals surface area contributed by atoms with Crippen LogP contribution in [0.15, 0.2) is 36.7 Å². The molecule has 3 aromatic rings. The number of nitrogens with zero attached hydrogens (tertiary/aromatic N) is 4. The van der Waals surface area contributed by atoms with Crippen LogP contribution in [0.1, 0.15) is 46.4 Å². The van der Waals surface area contributed by atoms with Crippen LogP contribution in [-0.4, -0.2) is 39.7 Å². The Balaban J connectivity index is 1.92. The zero-order chi connectivity index (χ0) is 26.3. The number of carbonyl (C=O) groups excluding carboxylic acids is 1. The molecule has 2 aromatic heterocycles. The Morgan fingerprint density at radius 2 is 1.89 bits per heavy atom. The predicted octanol–water partition coefficient (Wildman–Crippen LogP) is 6.00. The number of nitrogens with one attached hydrogen (secondary N) is 1. The van der Waals surface area contributed by atoms with E-state index in [4.69, 9.17) is 0 Å². The van der Waals surface area contributed by atoms with Crippen molar-refractivity contribution >= 4 is 17.4 Å². The maximum Gasteiger partial charge on any atom is 0.434 e. The Morgan fingerprint density at radius 3 is 2.53 bits per heavy atom. The van der Waals surface area contributed by atoms with Crippen LogP contribution in [-0.2, 0) is 13.2 Å². The predicted molar refractivity (Wildman–Crippen MR) is 126 cm³/mol. The average molecular weight is 508 g/mol. The molecule has 0 bridgehead atoms. The molecule has 0 saturated carbocycles. The van der Waals surface area contributed by atoms with E-state index in [0.29, 0.717) is 5.69 Å². The topological polar surface area (TPSA) is 63.1 Å². The summed E-state index contributed by atoms with van der Waals surface area (Å²) in [4.78, 5) is 18.8. The van der Waals surface area contributed by atoms with E-state index in [-0.39, 0.29) is 54.0 Å². The van der Waals surface area contributed by atoms with E-state index in [1.165, 1.54) is 28.9 Å². The summed E-state index contributed by atoms with van der Waals surface area (Å²) >= 11 is 0. The number of carbonyl (C=O) groups is 1. The van der Waals surface area contributed by atoms with Crippen LogP contribution in [0.25, 0.3) is 11.1 Å². The van der Waals surface area contributed by atoms with Crippen molar-refractivity contribution in [2.45, 2.75) is 45.2 Å². The second kappa shape index (κ2) is 9.51. The number of aryl methyl sites for hydroxylation is 2. The second-order valence-corrected chi connectivity index (χ2v) is 9.08.